The fourth-order valence-corrected chi connectivity index (χ4v) is 5.93. The molecule has 1 amide bonds. The summed E-state index contributed by atoms with van der Waals surface area (Å²) in [6, 6.07) is 20.8. The van der Waals surface area contributed by atoms with Gasteiger partial charge >= 0.3 is 0 Å². The topological polar surface area (TPSA) is 56.3 Å². The number of likely N-dealkylation sites (tertiary alicyclic amines) is 1. The summed E-state index contributed by atoms with van der Waals surface area (Å²) in [5.41, 5.74) is 1.21. The maximum absolute atomic E-state index is 13.8. The van der Waals surface area contributed by atoms with Crippen molar-refractivity contribution in [1.29, 1.82) is 0 Å². The van der Waals surface area contributed by atoms with E-state index in [1.165, 1.54) is 11.3 Å². The van der Waals surface area contributed by atoms with Gasteiger partial charge in [0.2, 0.25) is 5.91 Å². The highest BCUT2D eigenvalue weighted by molar-refractivity contribution is 5.83. The van der Waals surface area contributed by atoms with Crippen LogP contribution in [0.15, 0.2) is 60.7 Å². The highest BCUT2D eigenvalue weighted by atomic mass is 16.5. The number of amides is 1. The van der Waals surface area contributed by atoms with Crippen molar-refractivity contribution in [1.82, 2.24) is 9.80 Å². The van der Waals surface area contributed by atoms with Crippen LogP contribution in [0.4, 0.5) is 5.69 Å². The summed E-state index contributed by atoms with van der Waals surface area (Å²) >= 11 is 0. The molecule has 6 nitrogen and oxygen atoms in total. The Morgan fingerprint density at radius 1 is 0.853 bits per heavy atom. The molecule has 182 valence electrons. The van der Waals surface area contributed by atoms with Crippen molar-refractivity contribution in [2.75, 3.05) is 63.9 Å². The largest absolute Gasteiger partial charge is 0.387 e. The standard InChI is InChI=1S/C28H37N3O3/c32-26(27(12-19-34-20-13-27)21-24-7-3-1-4-8-24)31-14-11-28(33,23-31)22-29-15-17-30(18-16-29)25-9-5-2-6-10-25/h1-10,33H,11-23H2. The van der Waals surface area contributed by atoms with Gasteiger partial charge < -0.3 is 19.6 Å². The molecule has 3 saturated heterocycles. The Balaban J connectivity index is 1.20. The predicted octanol–water partition coefficient (Wildman–Crippen LogP) is 2.81. The summed E-state index contributed by atoms with van der Waals surface area (Å²) in [6.45, 7) is 6.74. The molecule has 1 N–H and O–H groups in total. The first-order chi connectivity index (χ1) is 16.6. The molecular weight excluding hydrogens is 426 g/mol. The van der Waals surface area contributed by atoms with Gasteiger partial charge in [0.1, 0.15) is 0 Å². The van der Waals surface area contributed by atoms with Crippen molar-refractivity contribution in [3.8, 4) is 0 Å². The van der Waals surface area contributed by atoms with E-state index in [9.17, 15) is 9.90 Å². The monoisotopic (exact) mass is 463 g/mol. The van der Waals surface area contributed by atoms with E-state index in [0.717, 1.165) is 45.4 Å². The van der Waals surface area contributed by atoms with Crippen molar-refractivity contribution in [2.45, 2.75) is 31.3 Å². The van der Waals surface area contributed by atoms with Crippen LogP contribution in [0.3, 0.4) is 0 Å². The smallest absolute Gasteiger partial charge is 0.229 e. The van der Waals surface area contributed by atoms with Gasteiger partial charge in [0.15, 0.2) is 0 Å². The number of ether oxygens (including phenoxy) is 1. The van der Waals surface area contributed by atoms with E-state index in [4.69, 9.17) is 4.74 Å². The summed E-state index contributed by atoms with van der Waals surface area (Å²) in [5.74, 6) is 0.199. The lowest BCUT2D eigenvalue weighted by Gasteiger charge is -2.40. The molecule has 6 heteroatoms. The number of para-hydroxylation sites is 1. The zero-order valence-electron chi connectivity index (χ0n) is 20.1. The molecule has 5 rings (SSSR count). The van der Waals surface area contributed by atoms with E-state index >= 15 is 0 Å². The third-order valence-corrected chi connectivity index (χ3v) is 7.92. The number of nitrogens with zero attached hydrogens (tertiary/aromatic N) is 3. The number of carbonyl (C=O) groups excluding carboxylic acids is 1. The lowest BCUT2D eigenvalue weighted by atomic mass is 9.74. The second-order valence-corrected chi connectivity index (χ2v) is 10.4. The van der Waals surface area contributed by atoms with E-state index in [-0.39, 0.29) is 5.91 Å². The van der Waals surface area contributed by atoms with Crippen molar-refractivity contribution < 1.29 is 14.6 Å². The van der Waals surface area contributed by atoms with Crippen LogP contribution in [0.25, 0.3) is 0 Å². The number of aliphatic hydroxyl groups is 1. The number of carbonyl (C=O) groups is 1. The molecule has 0 spiro atoms. The molecule has 3 aliphatic heterocycles. The lowest BCUT2D eigenvalue weighted by Crippen LogP contribution is -2.54. The van der Waals surface area contributed by atoms with Crippen LogP contribution in [-0.4, -0.2) is 85.4 Å². The summed E-state index contributed by atoms with van der Waals surface area (Å²) in [6.07, 6.45) is 2.89. The van der Waals surface area contributed by atoms with Crippen LogP contribution in [-0.2, 0) is 16.0 Å². The minimum Gasteiger partial charge on any atom is -0.387 e. The van der Waals surface area contributed by atoms with E-state index in [1.54, 1.807) is 0 Å². The second kappa shape index (κ2) is 10.1. The van der Waals surface area contributed by atoms with Gasteiger partial charge in [-0.3, -0.25) is 9.69 Å². The lowest BCUT2D eigenvalue weighted by molar-refractivity contribution is -0.148. The first-order valence-corrected chi connectivity index (χ1v) is 12.7. The van der Waals surface area contributed by atoms with Crippen LogP contribution >= 0.6 is 0 Å². The molecule has 2 aromatic carbocycles. The van der Waals surface area contributed by atoms with Crippen LogP contribution in [0.1, 0.15) is 24.8 Å². The van der Waals surface area contributed by atoms with Gasteiger partial charge in [-0.15, -0.1) is 0 Å². The van der Waals surface area contributed by atoms with Crippen LogP contribution in [0, 0.1) is 5.41 Å². The Hall–Kier alpha value is -2.41. The van der Waals surface area contributed by atoms with E-state index in [1.807, 2.05) is 29.2 Å². The van der Waals surface area contributed by atoms with Crippen molar-refractivity contribution in [3.05, 3.63) is 66.2 Å². The molecule has 2 aromatic rings. The van der Waals surface area contributed by atoms with Crippen LogP contribution in [0.5, 0.6) is 0 Å². The SMILES string of the molecule is O=C(N1CCC(O)(CN2CCN(c3ccccc3)CC2)C1)C1(Cc2ccccc2)CCOCC1. The van der Waals surface area contributed by atoms with Crippen molar-refractivity contribution >= 4 is 11.6 Å². The van der Waals surface area contributed by atoms with Gasteiger partial charge in [0.25, 0.3) is 0 Å². The molecule has 1 unspecified atom stereocenters. The first-order valence-electron chi connectivity index (χ1n) is 12.7. The number of piperazine rings is 1. The molecule has 0 saturated carbocycles. The quantitative estimate of drug-likeness (QED) is 0.714. The van der Waals surface area contributed by atoms with Crippen LogP contribution < -0.4 is 4.90 Å². The molecular formula is C28H37N3O3. The summed E-state index contributed by atoms with van der Waals surface area (Å²) in [5, 5.41) is 11.4. The third-order valence-electron chi connectivity index (χ3n) is 7.92. The average molecular weight is 464 g/mol. The van der Waals surface area contributed by atoms with Crippen LogP contribution in [0.2, 0.25) is 0 Å². The number of benzene rings is 2. The Kier molecular flexibility index (Phi) is 6.91. The van der Waals surface area contributed by atoms with Gasteiger partial charge in [0.05, 0.1) is 17.6 Å². The fourth-order valence-electron chi connectivity index (χ4n) is 5.93. The molecule has 3 heterocycles. The van der Waals surface area contributed by atoms with Gasteiger partial charge in [-0.2, -0.15) is 0 Å². The number of β-amino-alcohol motifs (C(OH)–C–C–N with tert-alkyl or cyclic N) is 1. The summed E-state index contributed by atoms with van der Waals surface area (Å²) in [4.78, 5) is 20.6. The molecule has 1 atom stereocenters. The highest BCUT2D eigenvalue weighted by Gasteiger charge is 2.47. The second-order valence-electron chi connectivity index (χ2n) is 10.4. The number of rotatable bonds is 6. The molecule has 0 aliphatic carbocycles. The Bertz CT molecular complexity index is 940. The minimum atomic E-state index is -0.830. The van der Waals surface area contributed by atoms with Crippen molar-refractivity contribution in [2.24, 2.45) is 5.41 Å². The average Bonchev–Trinajstić information content (AvgIpc) is 3.27. The minimum absolute atomic E-state index is 0.199. The van der Waals surface area contributed by atoms with Gasteiger partial charge in [-0.05, 0) is 43.4 Å². The molecule has 3 aliphatic rings. The number of anilines is 1. The number of hydrogen-bond acceptors (Lipinski definition) is 5. The highest BCUT2D eigenvalue weighted by Crippen LogP contribution is 2.38. The van der Waals surface area contributed by atoms with E-state index < -0.39 is 11.0 Å². The Labute approximate surface area is 203 Å². The zero-order chi connectivity index (χ0) is 23.4. The molecule has 0 bridgehead atoms. The van der Waals surface area contributed by atoms with Gasteiger partial charge in [-0.1, -0.05) is 48.5 Å². The summed E-state index contributed by atoms with van der Waals surface area (Å²) < 4.78 is 5.63. The summed E-state index contributed by atoms with van der Waals surface area (Å²) in [7, 11) is 0. The van der Waals surface area contributed by atoms with Crippen molar-refractivity contribution in [3.63, 3.8) is 0 Å². The Morgan fingerprint density at radius 2 is 1.50 bits per heavy atom. The molecule has 0 aromatic heterocycles. The van der Waals surface area contributed by atoms with Gasteiger partial charge in [-0.25, -0.2) is 0 Å². The Morgan fingerprint density at radius 3 is 2.18 bits per heavy atom. The predicted molar refractivity (Wildman–Crippen MR) is 134 cm³/mol. The first kappa shape index (κ1) is 23.3. The van der Waals surface area contributed by atoms with E-state index in [2.05, 4.69) is 46.2 Å². The molecule has 3 fully saturated rings. The fraction of sp³-hybridized carbons (Fsp3) is 0.536. The van der Waals surface area contributed by atoms with E-state index in [0.29, 0.717) is 39.3 Å². The number of hydrogen-bond donors (Lipinski definition) is 1. The maximum atomic E-state index is 13.8. The zero-order valence-corrected chi connectivity index (χ0v) is 20.1. The molecule has 0 radical (unpaired) electrons. The normalized spacial score (nSPS) is 25.4. The maximum Gasteiger partial charge on any atom is 0.229 e. The molecule has 34 heavy (non-hydrogen) atoms. The third kappa shape index (κ3) is 5.14. The van der Waals surface area contributed by atoms with Gasteiger partial charge in [0, 0.05) is 58.2 Å².